The summed E-state index contributed by atoms with van der Waals surface area (Å²) in [7, 11) is 0. The number of nitrogens with zero attached hydrogens (tertiary/aromatic N) is 1. The van der Waals surface area contributed by atoms with Crippen molar-refractivity contribution >= 4 is 31.6 Å². The molecule has 4 aromatic rings. The third-order valence-corrected chi connectivity index (χ3v) is 5.96. The van der Waals surface area contributed by atoms with E-state index in [2.05, 4.69) is 107 Å². The summed E-state index contributed by atoms with van der Waals surface area (Å²) in [5.41, 5.74) is 4.96. The van der Waals surface area contributed by atoms with E-state index in [4.69, 9.17) is 0 Å². The molecule has 0 spiro atoms. The Morgan fingerprint density at radius 2 is 1.04 bits per heavy atom. The van der Waals surface area contributed by atoms with E-state index in [1.807, 2.05) is 0 Å². The van der Waals surface area contributed by atoms with Crippen LogP contribution in [0.5, 0.6) is 0 Å². The molecule has 0 unspecified atom stereocenters. The molecule has 4 rings (SSSR count). The van der Waals surface area contributed by atoms with Crippen molar-refractivity contribution in [3.63, 3.8) is 0 Å². The quantitative estimate of drug-likeness (QED) is 0.403. The standard InChI is InChI=1S/C22H17NSe/c1-4-10-18(11-5-1)22-16-21(17-24-22)23(19-12-6-2-7-13-19)20-14-8-3-9-15-20/h1-17H. The van der Waals surface area contributed by atoms with Crippen molar-refractivity contribution in [1.29, 1.82) is 0 Å². The van der Waals surface area contributed by atoms with Gasteiger partial charge in [0.05, 0.1) is 0 Å². The average molecular weight is 374 g/mol. The molecule has 0 amide bonds. The fourth-order valence-electron chi connectivity index (χ4n) is 2.80. The van der Waals surface area contributed by atoms with E-state index in [9.17, 15) is 0 Å². The first-order chi connectivity index (χ1) is 11.9. The summed E-state index contributed by atoms with van der Waals surface area (Å²) in [5.74, 6) is 0. The van der Waals surface area contributed by atoms with Gasteiger partial charge in [0.25, 0.3) is 0 Å². The Labute approximate surface area is 148 Å². The van der Waals surface area contributed by atoms with Gasteiger partial charge in [0.2, 0.25) is 0 Å². The number of hydrogen-bond acceptors (Lipinski definition) is 1. The van der Waals surface area contributed by atoms with E-state index >= 15 is 0 Å². The first kappa shape index (κ1) is 15.0. The fourth-order valence-corrected chi connectivity index (χ4v) is 4.65. The van der Waals surface area contributed by atoms with Crippen LogP contribution in [0.3, 0.4) is 0 Å². The SMILES string of the molecule is c1ccc(-c2cc(N(c3ccccc3)c3ccccc3)c[se]2)cc1. The Kier molecular flexibility index (Phi) is 4.33. The molecule has 0 saturated heterocycles. The summed E-state index contributed by atoms with van der Waals surface area (Å²) in [6.07, 6.45) is 0. The molecule has 0 radical (unpaired) electrons. The second kappa shape index (κ2) is 6.92. The normalized spacial score (nSPS) is 10.5. The van der Waals surface area contributed by atoms with Crippen molar-refractivity contribution in [2.45, 2.75) is 0 Å². The molecule has 0 aliphatic carbocycles. The summed E-state index contributed by atoms with van der Waals surface area (Å²) in [4.78, 5) is 4.70. The van der Waals surface area contributed by atoms with Gasteiger partial charge in [-0.15, -0.1) is 0 Å². The molecule has 0 saturated carbocycles. The monoisotopic (exact) mass is 375 g/mol. The van der Waals surface area contributed by atoms with E-state index in [1.165, 1.54) is 27.1 Å². The Hall–Kier alpha value is -2.54. The fraction of sp³-hybridized carbons (Fsp3) is 0. The molecule has 1 nitrogen and oxygen atoms in total. The molecule has 0 aliphatic rings. The van der Waals surface area contributed by atoms with Crippen LogP contribution in [0.4, 0.5) is 17.1 Å². The zero-order chi connectivity index (χ0) is 16.2. The molecule has 2 heteroatoms. The number of hydrogen-bond donors (Lipinski definition) is 0. The van der Waals surface area contributed by atoms with Crippen LogP contribution in [0.15, 0.2) is 102 Å². The molecule has 0 fully saturated rings. The van der Waals surface area contributed by atoms with Crippen LogP contribution in [-0.2, 0) is 0 Å². The predicted molar refractivity (Wildman–Crippen MR) is 104 cm³/mol. The van der Waals surface area contributed by atoms with Gasteiger partial charge in [0.15, 0.2) is 0 Å². The molecular weight excluding hydrogens is 357 g/mol. The van der Waals surface area contributed by atoms with Crippen LogP contribution in [0.25, 0.3) is 10.0 Å². The van der Waals surface area contributed by atoms with Crippen molar-refractivity contribution in [1.82, 2.24) is 0 Å². The van der Waals surface area contributed by atoms with Crippen molar-refractivity contribution in [3.8, 4) is 10.0 Å². The van der Waals surface area contributed by atoms with Crippen LogP contribution in [0.2, 0.25) is 0 Å². The van der Waals surface area contributed by atoms with Crippen molar-refractivity contribution in [2.24, 2.45) is 0 Å². The van der Waals surface area contributed by atoms with Gasteiger partial charge in [-0.1, -0.05) is 0 Å². The second-order valence-electron chi connectivity index (χ2n) is 5.54. The summed E-state index contributed by atoms with van der Waals surface area (Å²) in [6, 6.07) is 34.1. The van der Waals surface area contributed by atoms with Crippen molar-refractivity contribution in [3.05, 3.63) is 102 Å². The van der Waals surface area contributed by atoms with Crippen LogP contribution in [-0.4, -0.2) is 14.5 Å². The summed E-state index contributed by atoms with van der Waals surface area (Å²) in [5, 5.41) is 0. The molecule has 24 heavy (non-hydrogen) atoms. The number of anilines is 3. The van der Waals surface area contributed by atoms with Crippen LogP contribution < -0.4 is 4.90 Å². The van der Waals surface area contributed by atoms with E-state index in [1.54, 1.807) is 0 Å². The Bertz CT molecular complexity index is 859. The third kappa shape index (κ3) is 3.07. The van der Waals surface area contributed by atoms with Gasteiger partial charge in [-0.05, 0) is 0 Å². The average Bonchev–Trinajstić information content (AvgIpc) is 3.14. The Morgan fingerprint density at radius 1 is 0.542 bits per heavy atom. The van der Waals surface area contributed by atoms with Crippen LogP contribution in [0, 0.1) is 0 Å². The molecule has 0 aliphatic heterocycles. The van der Waals surface area contributed by atoms with Gasteiger partial charge in [-0.3, -0.25) is 0 Å². The predicted octanol–water partition coefficient (Wildman–Crippen LogP) is 5.88. The summed E-state index contributed by atoms with van der Waals surface area (Å²) < 4.78 is 1.43. The maximum atomic E-state index is 2.37. The van der Waals surface area contributed by atoms with E-state index in [0.29, 0.717) is 14.5 Å². The van der Waals surface area contributed by atoms with Gasteiger partial charge in [-0.25, -0.2) is 0 Å². The van der Waals surface area contributed by atoms with Crippen LogP contribution >= 0.6 is 0 Å². The molecular formula is C22H17NSe. The number of benzene rings is 3. The zero-order valence-corrected chi connectivity index (χ0v) is 14.9. The first-order valence-electron chi connectivity index (χ1n) is 7.96. The van der Waals surface area contributed by atoms with E-state index < -0.39 is 0 Å². The van der Waals surface area contributed by atoms with Gasteiger partial charge in [-0.2, -0.15) is 0 Å². The zero-order valence-electron chi connectivity index (χ0n) is 13.2. The topological polar surface area (TPSA) is 3.24 Å². The number of rotatable bonds is 4. The first-order valence-corrected chi connectivity index (χ1v) is 9.80. The van der Waals surface area contributed by atoms with E-state index in [-0.39, 0.29) is 0 Å². The second-order valence-corrected chi connectivity index (χ2v) is 7.45. The van der Waals surface area contributed by atoms with E-state index in [0.717, 1.165) is 0 Å². The van der Waals surface area contributed by atoms with Crippen molar-refractivity contribution in [2.75, 3.05) is 4.90 Å². The number of para-hydroxylation sites is 2. The molecule has 116 valence electrons. The maximum absolute atomic E-state index is 2.37. The van der Waals surface area contributed by atoms with Crippen LogP contribution in [0.1, 0.15) is 0 Å². The molecule has 0 atom stereocenters. The molecule has 1 heterocycles. The minimum absolute atomic E-state index is 0.360. The third-order valence-electron chi connectivity index (χ3n) is 3.93. The molecule has 0 N–H and O–H groups in total. The Balaban J connectivity index is 1.79. The summed E-state index contributed by atoms with van der Waals surface area (Å²) in [6.45, 7) is 0. The summed E-state index contributed by atoms with van der Waals surface area (Å²) >= 11 is 0.360. The molecule has 0 bridgehead atoms. The Morgan fingerprint density at radius 3 is 1.58 bits per heavy atom. The molecule has 1 aromatic heterocycles. The van der Waals surface area contributed by atoms with Crippen molar-refractivity contribution < 1.29 is 0 Å². The van der Waals surface area contributed by atoms with Gasteiger partial charge in [0, 0.05) is 0 Å². The van der Waals surface area contributed by atoms with Gasteiger partial charge in [0.1, 0.15) is 0 Å². The molecule has 3 aromatic carbocycles. The minimum atomic E-state index is 0.360. The van der Waals surface area contributed by atoms with Gasteiger partial charge < -0.3 is 0 Å². The van der Waals surface area contributed by atoms with Gasteiger partial charge >= 0.3 is 148 Å².